The van der Waals surface area contributed by atoms with E-state index in [0.717, 1.165) is 43.2 Å². The first-order chi connectivity index (χ1) is 8.11. The zero-order valence-electron chi connectivity index (χ0n) is 10.9. The number of hydrogen-bond acceptors (Lipinski definition) is 3. The quantitative estimate of drug-likeness (QED) is 0.870. The lowest BCUT2D eigenvalue weighted by atomic mass is 10.1. The van der Waals surface area contributed by atoms with Crippen molar-refractivity contribution in [3.63, 3.8) is 0 Å². The highest BCUT2D eigenvalue weighted by Crippen LogP contribution is 2.35. The third-order valence-electron chi connectivity index (χ3n) is 2.85. The summed E-state index contributed by atoms with van der Waals surface area (Å²) in [5, 5.41) is 3.39. The highest BCUT2D eigenvalue weighted by molar-refractivity contribution is 5.60. The summed E-state index contributed by atoms with van der Waals surface area (Å²) in [6, 6.07) is 5.98. The van der Waals surface area contributed by atoms with Crippen molar-refractivity contribution in [2.75, 3.05) is 18.5 Å². The third kappa shape index (κ3) is 3.05. The summed E-state index contributed by atoms with van der Waals surface area (Å²) in [5.74, 6) is 1.82. The molecule has 0 saturated carbocycles. The van der Waals surface area contributed by atoms with E-state index in [1.54, 1.807) is 0 Å². The van der Waals surface area contributed by atoms with E-state index in [1.165, 1.54) is 0 Å². The van der Waals surface area contributed by atoms with Crippen molar-refractivity contribution in [2.45, 2.75) is 39.2 Å². The van der Waals surface area contributed by atoms with Crippen LogP contribution in [0.4, 0.5) is 5.69 Å². The van der Waals surface area contributed by atoms with E-state index in [2.05, 4.69) is 26.1 Å². The average Bonchev–Trinajstić information content (AvgIpc) is 2.43. The van der Waals surface area contributed by atoms with Crippen molar-refractivity contribution in [3.8, 4) is 11.5 Å². The standard InChI is InChI=1S/C14H21NO2/c1-4-9-16-11-5-6-13-12(10-11)15-8-7-14(2,3)17-13/h5-6,10,15H,4,7-9H2,1-3H3. The molecule has 3 heteroatoms. The second kappa shape index (κ2) is 4.86. The van der Waals surface area contributed by atoms with Crippen LogP contribution in [0.1, 0.15) is 33.6 Å². The van der Waals surface area contributed by atoms with E-state index in [-0.39, 0.29) is 5.60 Å². The minimum absolute atomic E-state index is 0.107. The molecule has 3 nitrogen and oxygen atoms in total. The van der Waals surface area contributed by atoms with Gasteiger partial charge in [-0.3, -0.25) is 0 Å². The first-order valence-corrected chi connectivity index (χ1v) is 6.30. The van der Waals surface area contributed by atoms with Gasteiger partial charge in [-0.1, -0.05) is 6.92 Å². The zero-order chi connectivity index (χ0) is 12.3. The minimum atomic E-state index is -0.107. The second-order valence-electron chi connectivity index (χ2n) is 5.04. The fourth-order valence-corrected chi connectivity index (χ4v) is 1.89. The van der Waals surface area contributed by atoms with Gasteiger partial charge in [-0.05, 0) is 32.4 Å². The molecule has 1 heterocycles. The van der Waals surface area contributed by atoms with Gasteiger partial charge >= 0.3 is 0 Å². The first kappa shape index (κ1) is 12.1. The van der Waals surface area contributed by atoms with E-state index < -0.39 is 0 Å². The van der Waals surface area contributed by atoms with Crippen molar-refractivity contribution in [2.24, 2.45) is 0 Å². The van der Waals surface area contributed by atoms with Gasteiger partial charge < -0.3 is 14.8 Å². The van der Waals surface area contributed by atoms with Crippen LogP contribution in [0.5, 0.6) is 11.5 Å². The highest BCUT2D eigenvalue weighted by Gasteiger charge is 2.24. The molecule has 0 saturated heterocycles. The Morgan fingerprint density at radius 1 is 1.41 bits per heavy atom. The van der Waals surface area contributed by atoms with Gasteiger partial charge in [-0.15, -0.1) is 0 Å². The molecule has 1 aliphatic rings. The zero-order valence-corrected chi connectivity index (χ0v) is 10.9. The summed E-state index contributed by atoms with van der Waals surface area (Å²) in [6.45, 7) is 8.02. The molecule has 0 aliphatic carbocycles. The van der Waals surface area contributed by atoms with Crippen LogP contribution in [0.15, 0.2) is 18.2 Å². The van der Waals surface area contributed by atoms with Crippen molar-refractivity contribution in [3.05, 3.63) is 18.2 Å². The van der Waals surface area contributed by atoms with Crippen molar-refractivity contribution in [1.29, 1.82) is 0 Å². The molecule has 0 bridgehead atoms. The van der Waals surface area contributed by atoms with E-state index in [9.17, 15) is 0 Å². The summed E-state index contributed by atoms with van der Waals surface area (Å²) in [4.78, 5) is 0. The van der Waals surface area contributed by atoms with Crippen molar-refractivity contribution >= 4 is 5.69 Å². The van der Waals surface area contributed by atoms with Crippen LogP contribution < -0.4 is 14.8 Å². The Balaban J connectivity index is 2.18. The van der Waals surface area contributed by atoms with Crippen LogP contribution in [-0.4, -0.2) is 18.8 Å². The summed E-state index contributed by atoms with van der Waals surface area (Å²) >= 11 is 0. The molecule has 1 aliphatic heterocycles. The summed E-state index contributed by atoms with van der Waals surface area (Å²) in [5.41, 5.74) is 0.925. The predicted octanol–water partition coefficient (Wildman–Crippen LogP) is 3.45. The summed E-state index contributed by atoms with van der Waals surface area (Å²) in [7, 11) is 0. The van der Waals surface area contributed by atoms with E-state index in [0.29, 0.717) is 0 Å². The maximum Gasteiger partial charge on any atom is 0.143 e. The first-order valence-electron chi connectivity index (χ1n) is 6.30. The third-order valence-corrected chi connectivity index (χ3v) is 2.85. The Labute approximate surface area is 103 Å². The van der Waals surface area contributed by atoms with Crippen LogP contribution in [-0.2, 0) is 0 Å². The summed E-state index contributed by atoms with van der Waals surface area (Å²) < 4.78 is 11.6. The monoisotopic (exact) mass is 235 g/mol. The van der Waals surface area contributed by atoms with Crippen LogP contribution in [0, 0.1) is 0 Å². The Morgan fingerprint density at radius 2 is 2.24 bits per heavy atom. The van der Waals surface area contributed by atoms with Crippen molar-refractivity contribution in [1.82, 2.24) is 0 Å². The molecule has 1 aromatic carbocycles. The molecule has 17 heavy (non-hydrogen) atoms. The molecule has 0 atom stereocenters. The number of fused-ring (bicyclic) bond motifs is 1. The molecular formula is C14H21NO2. The van der Waals surface area contributed by atoms with E-state index in [1.807, 2.05) is 18.2 Å². The van der Waals surface area contributed by atoms with Crippen LogP contribution in [0.2, 0.25) is 0 Å². The minimum Gasteiger partial charge on any atom is -0.494 e. The Hall–Kier alpha value is -1.38. The van der Waals surface area contributed by atoms with Crippen LogP contribution in [0.25, 0.3) is 0 Å². The van der Waals surface area contributed by atoms with Crippen LogP contribution >= 0.6 is 0 Å². The van der Waals surface area contributed by atoms with Crippen LogP contribution in [0.3, 0.4) is 0 Å². The second-order valence-corrected chi connectivity index (χ2v) is 5.04. The molecule has 0 amide bonds. The molecule has 2 rings (SSSR count). The number of nitrogens with one attached hydrogen (secondary N) is 1. The van der Waals surface area contributed by atoms with Gasteiger partial charge in [0.2, 0.25) is 0 Å². The number of benzene rings is 1. The SMILES string of the molecule is CCCOc1ccc2c(c1)NCCC(C)(C)O2. The maximum absolute atomic E-state index is 5.99. The predicted molar refractivity (Wildman–Crippen MR) is 70.0 cm³/mol. The molecule has 1 N–H and O–H groups in total. The lowest BCUT2D eigenvalue weighted by Crippen LogP contribution is -2.28. The Bertz CT molecular complexity index is 388. The smallest absolute Gasteiger partial charge is 0.143 e. The summed E-state index contributed by atoms with van der Waals surface area (Å²) in [6.07, 6.45) is 2.01. The number of rotatable bonds is 3. The molecule has 0 unspecified atom stereocenters. The Morgan fingerprint density at radius 3 is 3.00 bits per heavy atom. The van der Waals surface area contributed by atoms with Crippen molar-refractivity contribution < 1.29 is 9.47 Å². The fraction of sp³-hybridized carbons (Fsp3) is 0.571. The molecule has 0 spiro atoms. The lowest BCUT2D eigenvalue weighted by Gasteiger charge is -2.23. The molecule has 1 aromatic rings. The maximum atomic E-state index is 5.99. The molecule has 0 fully saturated rings. The average molecular weight is 235 g/mol. The van der Waals surface area contributed by atoms with Gasteiger partial charge in [0.25, 0.3) is 0 Å². The number of anilines is 1. The van der Waals surface area contributed by atoms with Gasteiger partial charge in [0.05, 0.1) is 12.3 Å². The topological polar surface area (TPSA) is 30.5 Å². The molecule has 94 valence electrons. The normalized spacial score (nSPS) is 17.4. The molecule has 0 aromatic heterocycles. The van der Waals surface area contributed by atoms with Gasteiger partial charge in [-0.2, -0.15) is 0 Å². The highest BCUT2D eigenvalue weighted by atomic mass is 16.5. The molecular weight excluding hydrogens is 214 g/mol. The van der Waals surface area contributed by atoms with Gasteiger partial charge in [0, 0.05) is 19.0 Å². The Kier molecular flexibility index (Phi) is 3.46. The van der Waals surface area contributed by atoms with Gasteiger partial charge in [0.1, 0.15) is 17.1 Å². The largest absolute Gasteiger partial charge is 0.494 e. The number of hydrogen-bond donors (Lipinski definition) is 1. The fourth-order valence-electron chi connectivity index (χ4n) is 1.89. The van der Waals surface area contributed by atoms with Gasteiger partial charge in [0.15, 0.2) is 0 Å². The number of ether oxygens (including phenoxy) is 2. The van der Waals surface area contributed by atoms with Gasteiger partial charge in [-0.25, -0.2) is 0 Å². The molecule has 0 radical (unpaired) electrons. The van der Waals surface area contributed by atoms with E-state index >= 15 is 0 Å². The van der Waals surface area contributed by atoms with E-state index in [4.69, 9.17) is 9.47 Å². The lowest BCUT2D eigenvalue weighted by molar-refractivity contribution is 0.108.